The summed E-state index contributed by atoms with van der Waals surface area (Å²) in [6.45, 7) is -1.69. The van der Waals surface area contributed by atoms with Crippen molar-refractivity contribution >= 4 is 8.41 Å². The summed E-state index contributed by atoms with van der Waals surface area (Å²) in [6, 6.07) is 0. The maximum absolute atomic E-state index is 8.93. The standard InChI is InChI=1S/C5H10O5.C5H12O5.B.Li.H/c6-1-2-3(7)4(8)5(9)10-2;6-1-3(8)5(10)4(9)2-7;;;/h2-9H,1H2;3-10H,1-2H2;;;/q;;;+1;-1/t;3-,4+,5?;;;. The van der Waals surface area contributed by atoms with Gasteiger partial charge in [0.15, 0.2) is 6.29 Å². The van der Waals surface area contributed by atoms with Gasteiger partial charge < -0.3 is 52.1 Å². The molecule has 1 heterocycles. The first-order valence-corrected chi connectivity index (χ1v) is 5.86. The van der Waals surface area contributed by atoms with Crippen LogP contribution in [0.25, 0.3) is 0 Å². The van der Waals surface area contributed by atoms with Gasteiger partial charge in [0, 0.05) is 8.41 Å². The van der Waals surface area contributed by atoms with E-state index in [9.17, 15) is 0 Å². The van der Waals surface area contributed by atoms with Gasteiger partial charge in [-0.15, -0.1) is 0 Å². The number of aliphatic hydroxyl groups is 9. The van der Waals surface area contributed by atoms with E-state index in [4.69, 9.17) is 46.0 Å². The molecule has 1 aliphatic rings. The molecule has 3 radical (unpaired) electrons. The smallest absolute Gasteiger partial charge is 1.00 e. The van der Waals surface area contributed by atoms with Crippen LogP contribution in [0.2, 0.25) is 0 Å². The Balaban J connectivity index is -0.000000139. The molecule has 0 spiro atoms. The molecule has 127 valence electrons. The molecule has 5 unspecified atom stereocenters. The van der Waals surface area contributed by atoms with E-state index in [1.807, 2.05) is 0 Å². The molecule has 1 saturated heterocycles. The van der Waals surface area contributed by atoms with Crippen LogP contribution in [0.3, 0.4) is 0 Å². The fourth-order valence-electron chi connectivity index (χ4n) is 1.35. The van der Waals surface area contributed by atoms with Gasteiger partial charge >= 0.3 is 18.9 Å². The summed E-state index contributed by atoms with van der Waals surface area (Å²) in [7, 11) is 0. The Morgan fingerprint density at radius 1 is 0.864 bits per heavy atom. The van der Waals surface area contributed by atoms with Gasteiger partial charge in [-0.25, -0.2) is 0 Å². The zero-order valence-electron chi connectivity index (χ0n) is 13.2. The van der Waals surface area contributed by atoms with Crippen molar-refractivity contribution in [3.05, 3.63) is 0 Å². The summed E-state index contributed by atoms with van der Waals surface area (Å²) in [6.07, 6.45) is -9.05. The molecule has 22 heavy (non-hydrogen) atoms. The minimum Gasteiger partial charge on any atom is -1.00 e. The third-order valence-electron chi connectivity index (χ3n) is 2.68. The Hall–Kier alpha value is 0.262. The van der Waals surface area contributed by atoms with E-state index in [1.165, 1.54) is 0 Å². The Labute approximate surface area is 142 Å². The Kier molecular flexibility index (Phi) is 16.9. The third-order valence-corrected chi connectivity index (χ3v) is 2.68. The van der Waals surface area contributed by atoms with Crippen LogP contribution in [0.1, 0.15) is 1.43 Å². The summed E-state index contributed by atoms with van der Waals surface area (Å²) in [4.78, 5) is 0. The molecule has 0 aromatic rings. The molecule has 0 bridgehead atoms. The molecule has 0 saturated carbocycles. The first-order valence-electron chi connectivity index (χ1n) is 5.86. The van der Waals surface area contributed by atoms with Crippen LogP contribution in [0.15, 0.2) is 0 Å². The molecule has 0 aromatic heterocycles. The van der Waals surface area contributed by atoms with Gasteiger partial charge in [-0.2, -0.15) is 0 Å². The summed E-state index contributed by atoms with van der Waals surface area (Å²) < 4.78 is 4.54. The van der Waals surface area contributed by atoms with Crippen LogP contribution in [-0.2, 0) is 4.74 Å². The van der Waals surface area contributed by atoms with Crippen LogP contribution in [0, 0.1) is 0 Å². The fraction of sp³-hybridized carbons (Fsp3) is 1.00. The van der Waals surface area contributed by atoms with E-state index in [2.05, 4.69) is 4.74 Å². The van der Waals surface area contributed by atoms with Crippen molar-refractivity contribution < 1.29 is 71.0 Å². The second-order valence-corrected chi connectivity index (χ2v) is 4.22. The van der Waals surface area contributed by atoms with Crippen molar-refractivity contribution in [1.29, 1.82) is 0 Å². The van der Waals surface area contributed by atoms with E-state index in [0.29, 0.717) is 0 Å². The van der Waals surface area contributed by atoms with Crippen molar-refractivity contribution in [2.24, 2.45) is 0 Å². The van der Waals surface area contributed by atoms with Gasteiger partial charge in [0.25, 0.3) is 0 Å². The summed E-state index contributed by atoms with van der Waals surface area (Å²) >= 11 is 0. The number of ether oxygens (including phenoxy) is 1. The minimum atomic E-state index is -1.49. The Morgan fingerprint density at radius 3 is 1.45 bits per heavy atom. The first kappa shape index (κ1) is 27.1. The number of aliphatic hydroxyl groups excluding tert-OH is 9. The Morgan fingerprint density at radius 2 is 1.27 bits per heavy atom. The van der Waals surface area contributed by atoms with E-state index in [0.717, 1.165) is 0 Å². The number of hydrogen-bond donors (Lipinski definition) is 9. The molecular formula is C10H23BLiO10. The normalized spacial score (nSPS) is 31.0. The molecule has 0 amide bonds. The molecule has 0 aromatic carbocycles. The van der Waals surface area contributed by atoms with Gasteiger partial charge in [0.2, 0.25) is 0 Å². The molecule has 1 fully saturated rings. The van der Waals surface area contributed by atoms with Crippen molar-refractivity contribution in [1.82, 2.24) is 0 Å². The van der Waals surface area contributed by atoms with Gasteiger partial charge in [0.05, 0.1) is 19.8 Å². The minimum absolute atomic E-state index is 0. The van der Waals surface area contributed by atoms with Gasteiger partial charge in [0.1, 0.15) is 36.6 Å². The van der Waals surface area contributed by atoms with Gasteiger partial charge in [-0.1, -0.05) is 0 Å². The predicted octanol–water partition coefficient (Wildman–Crippen LogP) is -8.79. The summed E-state index contributed by atoms with van der Waals surface area (Å²) in [5, 5.41) is 77.5. The van der Waals surface area contributed by atoms with Crippen molar-refractivity contribution in [2.75, 3.05) is 19.8 Å². The van der Waals surface area contributed by atoms with E-state index in [-0.39, 0.29) is 28.7 Å². The summed E-state index contributed by atoms with van der Waals surface area (Å²) in [5.74, 6) is 0. The summed E-state index contributed by atoms with van der Waals surface area (Å²) in [5.41, 5.74) is 0. The average molecular weight is 321 g/mol. The predicted molar refractivity (Wildman–Crippen MR) is 69.0 cm³/mol. The molecule has 12 heteroatoms. The maximum Gasteiger partial charge on any atom is 1.00 e. The molecule has 1 rings (SSSR count). The zero-order chi connectivity index (χ0) is 15.9. The average Bonchev–Trinajstić information content (AvgIpc) is 2.72. The van der Waals surface area contributed by atoms with Gasteiger partial charge in [-0.3, -0.25) is 0 Å². The number of hydrogen-bond acceptors (Lipinski definition) is 10. The van der Waals surface area contributed by atoms with Crippen LogP contribution < -0.4 is 18.9 Å². The molecular weight excluding hydrogens is 298 g/mol. The Bertz CT molecular complexity index is 260. The van der Waals surface area contributed by atoms with Crippen molar-refractivity contribution in [3.63, 3.8) is 0 Å². The zero-order valence-corrected chi connectivity index (χ0v) is 12.2. The first-order chi connectivity index (χ1) is 9.29. The molecule has 10 nitrogen and oxygen atoms in total. The molecule has 7 atom stereocenters. The second kappa shape index (κ2) is 13.7. The maximum atomic E-state index is 8.93. The molecule has 0 aliphatic carbocycles. The molecule has 9 N–H and O–H groups in total. The third kappa shape index (κ3) is 8.21. The van der Waals surface area contributed by atoms with Crippen LogP contribution in [0.4, 0.5) is 0 Å². The van der Waals surface area contributed by atoms with Gasteiger partial charge in [-0.05, 0) is 0 Å². The largest absolute Gasteiger partial charge is 1.00 e. The monoisotopic (exact) mass is 321 g/mol. The van der Waals surface area contributed by atoms with Crippen molar-refractivity contribution in [2.45, 2.75) is 42.9 Å². The van der Waals surface area contributed by atoms with Crippen molar-refractivity contribution in [3.8, 4) is 0 Å². The van der Waals surface area contributed by atoms with Crippen LogP contribution in [-0.4, -0.2) is 117 Å². The topological polar surface area (TPSA) is 191 Å². The SMILES string of the molecule is OCC1OC(O)C(O)C1O.OC[C@@H](O)C(O)[C@@H](O)CO.[B].[H-].[Li+]. The van der Waals surface area contributed by atoms with Crippen LogP contribution in [0.5, 0.6) is 0 Å². The molecule has 1 aliphatic heterocycles. The quantitative estimate of drug-likeness (QED) is 0.220. The fourth-order valence-corrected chi connectivity index (χ4v) is 1.35. The second-order valence-electron chi connectivity index (χ2n) is 4.22. The van der Waals surface area contributed by atoms with E-state index >= 15 is 0 Å². The number of rotatable bonds is 5. The van der Waals surface area contributed by atoms with Crippen LogP contribution >= 0.6 is 0 Å². The van der Waals surface area contributed by atoms with E-state index < -0.39 is 62.7 Å². The van der Waals surface area contributed by atoms with E-state index in [1.54, 1.807) is 0 Å².